The fourth-order valence-electron chi connectivity index (χ4n) is 0.680. The van der Waals surface area contributed by atoms with Crippen LogP contribution in [0.2, 0.25) is 4.08 Å². The van der Waals surface area contributed by atoms with Crippen molar-refractivity contribution in [3.63, 3.8) is 0 Å². The van der Waals surface area contributed by atoms with Gasteiger partial charge in [0.15, 0.2) is 0 Å². The molecular formula is C8H15F6O3Po. The van der Waals surface area contributed by atoms with Crippen molar-refractivity contribution in [1.82, 2.24) is 0 Å². The molecule has 0 aromatic carbocycles. The molecule has 0 aliphatic carbocycles. The summed E-state index contributed by atoms with van der Waals surface area (Å²) in [7, 11) is 0. The summed E-state index contributed by atoms with van der Waals surface area (Å²) in [5.41, 5.74) is 0. The van der Waals surface area contributed by atoms with Gasteiger partial charge >= 0.3 is 104 Å². The maximum absolute atomic E-state index is 12.0. The summed E-state index contributed by atoms with van der Waals surface area (Å²) in [6.45, 7) is 0.160. The summed E-state index contributed by atoms with van der Waals surface area (Å²) in [5.74, 6) is 0. The molecule has 0 heterocycles. The van der Waals surface area contributed by atoms with Gasteiger partial charge in [-0.3, -0.25) is 0 Å². The third-order valence-electron chi connectivity index (χ3n) is 1.35. The molecule has 0 unspecified atom stereocenters. The van der Waals surface area contributed by atoms with E-state index in [0.29, 0.717) is 12.8 Å². The van der Waals surface area contributed by atoms with Gasteiger partial charge in [-0.05, 0) is 0 Å². The van der Waals surface area contributed by atoms with Crippen molar-refractivity contribution in [2.45, 2.75) is 36.2 Å². The van der Waals surface area contributed by atoms with E-state index in [1.165, 1.54) is 0 Å². The van der Waals surface area contributed by atoms with Crippen molar-refractivity contribution in [3.8, 4) is 0 Å². The fourth-order valence-corrected chi connectivity index (χ4v) is 4.84. The van der Waals surface area contributed by atoms with Gasteiger partial charge in [0.2, 0.25) is 0 Å². The molecule has 0 saturated heterocycles. The summed E-state index contributed by atoms with van der Waals surface area (Å²) >= 11 is -3.91. The molecule has 3 nitrogen and oxygen atoms in total. The summed E-state index contributed by atoms with van der Waals surface area (Å²) in [4.78, 5) is 0. The van der Waals surface area contributed by atoms with Crippen molar-refractivity contribution in [2.24, 2.45) is 0 Å². The molecule has 0 fully saturated rings. The molecule has 0 bridgehead atoms. The van der Waals surface area contributed by atoms with E-state index in [0.717, 1.165) is 0 Å². The van der Waals surface area contributed by atoms with Gasteiger partial charge < -0.3 is 5.48 Å². The number of halogens is 6. The normalized spacial score (nSPS) is 12.7. The van der Waals surface area contributed by atoms with Gasteiger partial charge in [0.25, 0.3) is 0 Å². The molecule has 0 aromatic rings. The minimum atomic E-state index is -4.62. The molecule has 0 spiro atoms. The Hall–Kier alpha value is 0.356. The van der Waals surface area contributed by atoms with Gasteiger partial charge in [0.1, 0.15) is 0 Å². The van der Waals surface area contributed by atoms with E-state index in [1.54, 1.807) is 6.92 Å². The molecule has 1 radical (unpaired) electrons. The number of hydrogen-bond acceptors (Lipinski definition) is 2. The molecule has 0 amide bonds. The van der Waals surface area contributed by atoms with Crippen LogP contribution in [0.4, 0.5) is 26.3 Å². The van der Waals surface area contributed by atoms with Crippen LogP contribution in [0.5, 0.6) is 0 Å². The minimum Gasteiger partial charge on any atom is -0.412 e. The first kappa shape index (κ1) is 20.7. The molecule has 18 heavy (non-hydrogen) atoms. The van der Waals surface area contributed by atoms with Gasteiger partial charge in [0.05, 0.1) is 0 Å². The molecule has 113 valence electrons. The number of alkyl halides is 6. The Bertz CT molecular complexity index is 208. The second-order valence-corrected chi connectivity index (χ2v) is 8.43. The van der Waals surface area contributed by atoms with E-state index in [2.05, 4.69) is 2.77 Å². The van der Waals surface area contributed by atoms with Crippen LogP contribution < -0.4 is 0 Å². The Kier molecular flexibility index (Phi) is 10.7. The quantitative estimate of drug-likeness (QED) is 0.414. The smallest absolute Gasteiger partial charge is 0.412 e. The molecule has 0 saturated carbocycles. The molecule has 10 heteroatoms. The standard InChI is InChI=1S/C4H9O.C2H2F3O.C2H2F3.H2O.Po/c1-2-3-4-5;3-2(4,5)1-6;1-2(3,4)5;;/h2-4H2,1H3;1H2;1H2;1H2;/q2*-1;;;+2. The van der Waals surface area contributed by atoms with Crippen LogP contribution in [0.3, 0.4) is 0 Å². The monoisotopic (exact) mass is 482 g/mol. The Labute approximate surface area is 110 Å². The summed E-state index contributed by atoms with van der Waals surface area (Å²) in [6, 6.07) is 0. The number of unbranched alkanes of at least 4 members (excludes halogenated alkanes) is 1. The Morgan fingerprint density at radius 1 is 0.944 bits per heavy atom. The SMILES string of the molecule is CCCC[O][Po]([CH2]C(F)(F)F)[O]CC(F)(F)F.O. The first-order valence-electron chi connectivity index (χ1n) is 4.75. The molecule has 0 rings (SSSR count). The van der Waals surface area contributed by atoms with E-state index in [1.807, 2.05) is 0 Å². The van der Waals surface area contributed by atoms with Crippen LogP contribution in [0.25, 0.3) is 0 Å². The van der Waals surface area contributed by atoms with Gasteiger partial charge in [-0.15, -0.1) is 0 Å². The zero-order valence-corrected chi connectivity index (χ0v) is 12.7. The van der Waals surface area contributed by atoms with Crippen LogP contribution in [-0.4, -0.2) is 54.0 Å². The van der Waals surface area contributed by atoms with Crippen molar-refractivity contribution in [2.75, 3.05) is 13.2 Å². The zero-order chi connectivity index (χ0) is 13.5. The molecule has 0 aliphatic heterocycles. The van der Waals surface area contributed by atoms with Gasteiger partial charge in [-0.1, -0.05) is 0 Å². The predicted molar refractivity (Wildman–Crippen MR) is 53.1 cm³/mol. The number of rotatable bonds is 7. The van der Waals surface area contributed by atoms with Crippen LogP contribution in [-0.2, 0) is 5.54 Å². The van der Waals surface area contributed by atoms with Crippen LogP contribution >= 0.6 is 0 Å². The molecule has 0 aliphatic rings. The van der Waals surface area contributed by atoms with Crippen molar-refractivity contribution in [3.05, 3.63) is 0 Å². The fraction of sp³-hybridized carbons (Fsp3) is 1.00. The third-order valence-corrected chi connectivity index (χ3v) is 6.69. The third kappa shape index (κ3) is 14.4. The largest absolute Gasteiger partial charge is 0.412 e. The van der Waals surface area contributed by atoms with Crippen molar-refractivity contribution in [1.29, 1.82) is 0 Å². The average molecular weight is 482 g/mol. The first-order valence-corrected chi connectivity index (χ1v) is 9.58. The van der Waals surface area contributed by atoms with Gasteiger partial charge in [0, 0.05) is 0 Å². The van der Waals surface area contributed by atoms with E-state index < -0.39 is 46.0 Å². The Balaban J connectivity index is 0. The molecule has 0 aromatic heterocycles. The van der Waals surface area contributed by atoms with Crippen molar-refractivity contribution < 1.29 is 37.4 Å². The molecule has 2 N–H and O–H groups in total. The number of hydrogen-bond donors (Lipinski definition) is 0. The summed E-state index contributed by atoms with van der Waals surface area (Å²) in [5, 5.41) is 0. The van der Waals surface area contributed by atoms with Crippen molar-refractivity contribution >= 4 is 23.0 Å². The topological polar surface area (TPSA) is 50.0 Å². The van der Waals surface area contributed by atoms with E-state index in [9.17, 15) is 26.3 Å². The summed E-state index contributed by atoms with van der Waals surface area (Å²) in [6.07, 6.45) is -7.95. The Morgan fingerprint density at radius 3 is 1.89 bits per heavy atom. The maximum atomic E-state index is 12.0. The predicted octanol–water partition coefficient (Wildman–Crippen LogP) is 2.61. The average Bonchev–Trinajstić information content (AvgIpc) is 2.11. The van der Waals surface area contributed by atoms with Crippen LogP contribution in [0.15, 0.2) is 0 Å². The minimum absolute atomic E-state index is 0. The van der Waals surface area contributed by atoms with E-state index in [-0.39, 0.29) is 12.1 Å². The second-order valence-electron chi connectivity index (χ2n) is 3.12. The second kappa shape index (κ2) is 9.29. The van der Waals surface area contributed by atoms with Gasteiger partial charge in [-0.25, -0.2) is 0 Å². The molecule has 0 atom stereocenters. The van der Waals surface area contributed by atoms with Crippen LogP contribution in [0, 0.1) is 0 Å². The van der Waals surface area contributed by atoms with Crippen LogP contribution in [0.1, 0.15) is 19.8 Å². The summed E-state index contributed by atoms with van der Waals surface area (Å²) < 4.78 is 79.3. The van der Waals surface area contributed by atoms with E-state index >= 15 is 0 Å². The van der Waals surface area contributed by atoms with E-state index in [4.69, 9.17) is 2.77 Å². The first-order chi connectivity index (χ1) is 7.64. The zero-order valence-electron chi connectivity index (χ0n) is 9.53. The molecular weight excluding hydrogens is 467 g/mol. The van der Waals surface area contributed by atoms with Gasteiger partial charge in [-0.2, -0.15) is 0 Å². The Morgan fingerprint density at radius 2 is 1.50 bits per heavy atom. The maximum Gasteiger partial charge on any atom is -0.412 e.